The molecule has 6 heteroatoms. The first-order valence-electron chi connectivity index (χ1n) is 6.93. The van der Waals surface area contributed by atoms with Gasteiger partial charge in [-0.1, -0.05) is 20.8 Å². The van der Waals surface area contributed by atoms with Gasteiger partial charge in [0.2, 0.25) is 0 Å². The second-order valence-electron chi connectivity index (χ2n) is 6.29. The Morgan fingerprint density at radius 1 is 1.43 bits per heavy atom. The summed E-state index contributed by atoms with van der Waals surface area (Å²) < 4.78 is 3.18. The maximum absolute atomic E-state index is 11.8. The zero-order valence-corrected chi connectivity index (χ0v) is 14.3. The van der Waals surface area contributed by atoms with E-state index in [1.54, 1.807) is 11.8 Å². The second-order valence-corrected chi connectivity index (χ2v) is 9.41. The number of nitrogens with zero attached hydrogens (tertiary/aromatic N) is 2. The summed E-state index contributed by atoms with van der Waals surface area (Å²) in [5.74, 6) is -0.317. The fourth-order valence-electron chi connectivity index (χ4n) is 2.72. The first-order chi connectivity index (χ1) is 9.78. The van der Waals surface area contributed by atoms with Gasteiger partial charge in [-0.05, 0) is 24.0 Å². The van der Waals surface area contributed by atoms with E-state index in [-0.39, 0.29) is 10.7 Å². The highest BCUT2D eigenvalue weighted by molar-refractivity contribution is 8.02. The van der Waals surface area contributed by atoms with Gasteiger partial charge in [0.1, 0.15) is 0 Å². The molecule has 1 aliphatic rings. The maximum Gasteiger partial charge on any atom is 0.259 e. The third-order valence-corrected chi connectivity index (χ3v) is 6.04. The van der Waals surface area contributed by atoms with Crippen molar-refractivity contribution < 1.29 is 4.79 Å². The number of fused-ring (bicyclic) bond motifs is 3. The number of primary amides is 1. The Labute approximate surface area is 132 Å². The van der Waals surface area contributed by atoms with Gasteiger partial charge < -0.3 is 5.73 Å². The Bertz CT molecular complexity index is 722. The Kier molecular flexibility index (Phi) is 3.41. The molecule has 0 fully saturated rings. The highest BCUT2D eigenvalue weighted by atomic mass is 32.2. The molecule has 1 aliphatic carbocycles. The van der Waals surface area contributed by atoms with E-state index in [1.165, 1.54) is 26.7 Å². The predicted octanol–water partition coefficient (Wildman–Crippen LogP) is 3.24. The molecule has 0 atom stereocenters. The standard InChI is InChI=1S/C15H19N3OS2/c1-15(2,3)21-14-10-9(12(20-14)13(16)19)6-5-8-7-17-18(4)11(8)10/h7H,5-6H2,1-4H3,(H2,16,19). The number of aromatic nitrogens is 2. The quantitative estimate of drug-likeness (QED) is 0.864. The summed E-state index contributed by atoms with van der Waals surface area (Å²) in [4.78, 5) is 12.5. The molecule has 0 bridgehead atoms. The maximum atomic E-state index is 11.8. The van der Waals surface area contributed by atoms with Crippen LogP contribution in [0.4, 0.5) is 0 Å². The van der Waals surface area contributed by atoms with Gasteiger partial charge in [0, 0.05) is 17.4 Å². The molecule has 21 heavy (non-hydrogen) atoms. The van der Waals surface area contributed by atoms with Crippen LogP contribution >= 0.6 is 23.1 Å². The molecule has 2 aromatic rings. The van der Waals surface area contributed by atoms with E-state index in [2.05, 4.69) is 25.9 Å². The zero-order chi connectivity index (χ0) is 15.4. The molecule has 2 heterocycles. The molecule has 0 spiro atoms. The van der Waals surface area contributed by atoms with E-state index >= 15 is 0 Å². The van der Waals surface area contributed by atoms with Gasteiger partial charge in [-0.15, -0.1) is 23.1 Å². The molecule has 4 nitrogen and oxygen atoms in total. The van der Waals surface area contributed by atoms with Crippen molar-refractivity contribution in [2.24, 2.45) is 12.8 Å². The zero-order valence-electron chi connectivity index (χ0n) is 12.7. The molecule has 2 N–H and O–H groups in total. The number of hydrogen-bond donors (Lipinski definition) is 1. The smallest absolute Gasteiger partial charge is 0.259 e. The fourth-order valence-corrected chi connectivity index (χ4v) is 5.70. The Morgan fingerprint density at radius 3 is 2.76 bits per heavy atom. The van der Waals surface area contributed by atoms with E-state index in [0.717, 1.165) is 24.1 Å². The summed E-state index contributed by atoms with van der Waals surface area (Å²) in [5, 5.41) is 4.38. The molecule has 0 saturated carbocycles. The summed E-state index contributed by atoms with van der Waals surface area (Å²) in [6, 6.07) is 0. The highest BCUT2D eigenvalue weighted by Crippen LogP contribution is 2.49. The molecule has 1 amide bonds. The number of carbonyl (C=O) groups is 1. The molecule has 0 aromatic carbocycles. The van der Waals surface area contributed by atoms with Gasteiger partial charge in [0.25, 0.3) is 5.91 Å². The van der Waals surface area contributed by atoms with E-state index in [9.17, 15) is 4.79 Å². The van der Waals surface area contributed by atoms with Crippen LogP contribution in [0.15, 0.2) is 10.4 Å². The molecule has 0 radical (unpaired) electrons. The largest absolute Gasteiger partial charge is 0.365 e. The number of nitrogens with two attached hydrogens (primary N) is 1. The molecule has 0 unspecified atom stereocenters. The van der Waals surface area contributed by atoms with E-state index < -0.39 is 0 Å². The SMILES string of the molecule is Cn1ncc2c1-c1c(SC(C)(C)C)sc(C(N)=O)c1CC2. The second kappa shape index (κ2) is 4.88. The minimum Gasteiger partial charge on any atom is -0.365 e. The number of aryl methyl sites for hydroxylation is 2. The Morgan fingerprint density at radius 2 is 2.14 bits per heavy atom. The van der Waals surface area contributed by atoms with Crippen LogP contribution in [0.5, 0.6) is 0 Å². The van der Waals surface area contributed by atoms with Crippen LogP contribution in [-0.2, 0) is 19.9 Å². The normalized spacial score (nSPS) is 13.9. The van der Waals surface area contributed by atoms with Crippen molar-refractivity contribution in [2.75, 3.05) is 0 Å². The molecule has 0 saturated heterocycles. The van der Waals surface area contributed by atoms with Crippen LogP contribution in [0, 0.1) is 0 Å². The molecule has 3 rings (SSSR count). The Balaban J connectivity index is 2.24. The first kappa shape index (κ1) is 14.7. The molecule has 2 aromatic heterocycles. The number of thioether (sulfide) groups is 1. The van der Waals surface area contributed by atoms with Crippen LogP contribution in [0.25, 0.3) is 11.3 Å². The van der Waals surface area contributed by atoms with Crippen LogP contribution < -0.4 is 5.73 Å². The third-order valence-electron chi connectivity index (χ3n) is 3.49. The lowest BCUT2D eigenvalue weighted by molar-refractivity contribution is 0.100. The van der Waals surface area contributed by atoms with Gasteiger partial charge in [0.15, 0.2) is 0 Å². The topological polar surface area (TPSA) is 60.9 Å². The summed E-state index contributed by atoms with van der Waals surface area (Å²) in [7, 11) is 1.96. The number of rotatable bonds is 2. The van der Waals surface area contributed by atoms with Crippen molar-refractivity contribution in [3.05, 3.63) is 22.2 Å². The van der Waals surface area contributed by atoms with E-state index in [1.807, 2.05) is 17.9 Å². The van der Waals surface area contributed by atoms with Gasteiger partial charge in [-0.25, -0.2) is 0 Å². The van der Waals surface area contributed by atoms with E-state index in [4.69, 9.17) is 5.73 Å². The average Bonchev–Trinajstić information content (AvgIpc) is 2.89. The average molecular weight is 321 g/mol. The van der Waals surface area contributed by atoms with Gasteiger partial charge in [-0.3, -0.25) is 9.48 Å². The van der Waals surface area contributed by atoms with Gasteiger partial charge in [0.05, 0.1) is 21.0 Å². The Hall–Kier alpha value is -1.27. The van der Waals surface area contributed by atoms with Gasteiger partial charge in [-0.2, -0.15) is 5.10 Å². The molecule has 0 aliphatic heterocycles. The van der Waals surface area contributed by atoms with Crippen LogP contribution in [0.3, 0.4) is 0 Å². The van der Waals surface area contributed by atoms with Crippen molar-refractivity contribution in [3.8, 4) is 11.3 Å². The van der Waals surface area contributed by atoms with E-state index in [0.29, 0.717) is 4.88 Å². The minimum absolute atomic E-state index is 0.0870. The van der Waals surface area contributed by atoms with Crippen molar-refractivity contribution >= 4 is 29.0 Å². The minimum atomic E-state index is -0.317. The van der Waals surface area contributed by atoms with Crippen molar-refractivity contribution in [1.29, 1.82) is 0 Å². The van der Waals surface area contributed by atoms with Crippen molar-refractivity contribution in [1.82, 2.24) is 9.78 Å². The monoisotopic (exact) mass is 321 g/mol. The molecular formula is C15H19N3OS2. The van der Waals surface area contributed by atoms with Crippen LogP contribution in [0.1, 0.15) is 41.6 Å². The van der Waals surface area contributed by atoms with Crippen molar-refractivity contribution in [3.63, 3.8) is 0 Å². The van der Waals surface area contributed by atoms with Crippen molar-refractivity contribution in [2.45, 2.75) is 42.6 Å². The first-order valence-corrected chi connectivity index (χ1v) is 8.57. The predicted molar refractivity (Wildman–Crippen MR) is 88.1 cm³/mol. The number of carbonyl (C=O) groups excluding carboxylic acids is 1. The lowest BCUT2D eigenvalue weighted by atomic mass is 9.92. The molecular weight excluding hydrogens is 302 g/mol. The fraction of sp³-hybridized carbons (Fsp3) is 0.467. The summed E-state index contributed by atoms with van der Waals surface area (Å²) in [5.41, 5.74) is 10.3. The number of hydrogen-bond acceptors (Lipinski definition) is 4. The molecule has 112 valence electrons. The lowest BCUT2D eigenvalue weighted by Gasteiger charge is -2.20. The number of amides is 1. The summed E-state index contributed by atoms with van der Waals surface area (Å²) >= 11 is 3.33. The summed E-state index contributed by atoms with van der Waals surface area (Å²) in [6.07, 6.45) is 3.73. The summed E-state index contributed by atoms with van der Waals surface area (Å²) in [6.45, 7) is 6.54. The van der Waals surface area contributed by atoms with Crippen LogP contribution in [-0.4, -0.2) is 20.4 Å². The highest BCUT2D eigenvalue weighted by Gasteiger charge is 2.31. The van der Waals surface area contributed by atoms with Gasteiger partial charge >= 0.3 is 0 Å². The van der Waals surface area contributed by atoms with Crippen LogP contribution in [0.2, 0.25) is 0 Å². The number of thiophene rings is 1. The third kappa shape index (κ3) is 2.51. The lowest BCUT2D eigenvalue weighted by Crippen LogP contribution is -2.14.